The Morgan fingerprint density at radius 3 is 2.06 bits per heavy atom. The van der Waals surface area contributed by atoms with E-state index in [0.717, 1.165) is 30.4 Å². The van der Waals surface area contributed by atoms with E-state index in [9.17, 15) is 49.5 Å². The molecule has 1 aliphatic heterocycles. The highest BCUT2D eigenvalue weighted by atomic mass is 32.2. The van der Waals surface area contributed by atoms with Gasteiger partial charge in [0, 0.05) is 17.5 Å². The minimum Gasteiger partial charge on any atom is -0.453 e. The highest BCUT2D eigenvalue weighted by molar-refractivity contribution is 7.90. The standard InChI is InChI=1S/C21H18F6N2O6S/c1-35-18(31)29-10-11-9-14(36(2,33)34)7-8-15(11)16(29)17(30)28-13-5-3-12(4-6-13)19(32,20(22,23)24)21(25,26)27/h3-9,16,32H,10H2,1-2H3,(H,28,30). The molecule has 3 rings (SSSR count). The number of carbonyl (C=O) groups excluding carboxylic acids is 2. The van der Waals surface area contributed by atoms with E-state index in [-0.39, 0.29) is 22.7 Å². The van der Waals surface area contributed by atoms with Crippen LogP contribution < -0.4 is 5.32 Å². The van der Waals surface area contributed by atoms with E-state index in [1.54, 1.807) is 0 Å². The van der Waals surface area contributed by atoms with Crippen LogP contribution >= 0.6 is 0 Å². The van der Waals surface area contributed by atoms with Crippen molar-refractivity contribution in [3.63, 3.8) is 0 Å². The lowest BCUT2D eigenvalue weighted by Gasteiger charge is -2.32. The maximum absolute atomic E-state index is 13.1. The molecule has 2 amide bonds. The number of hydrogen-bond donors (Lipinski definition) is 2. The third-order valence-corrected chi connectivity index (χ3v) is 6.65. The fourth-order valence-corrected chi connectivity index (χ4v) is 4.39. The zero-order chi connectivity index (χ0) is 27.3. The summed E-state index contributed by atoms with van der Waals surface area (Å²) in [6.45, 7) is -0.202. The summed E-state index contributed by atoms with van der Waals surface area (Å²) in [5.74, 6) is -0.902. The second kappa shape index (κ2) is 8.96. The Hall–Kier alpha value is -3.33. The van der Waals surface area contributed by atoms with Gasteiger partial charge in [-0.3, -0.25) is 9.69 Å². The van der Waals surface area contributed by atoms with Crippen molar-refractivity contribution >= 4 is 27.5 Å². The van der Waals surface area contributed by atoms with Gasteiger partial charge in [-0.25, -0.2) is 13.2 Å². The van der Waals surface area contributed by atoms with Gasteiger partial charge in [0.15, 0.2) is 9.84 Å². The quantitative estimate of drug-likeness (QED) is 0.573. The van der Waals surface area contributed by atoms with E-state index < -0.39 is 51.4 Å². The minimum atomic E-state index is -6.07. The molecular weight excluding hydrogens is 522 g/mol. The molecular formula is C21H18F6N2O6S. The molecule has 1 unspecified atom stereocenters. The molecule has 0 bridgehead atoms. The summed E-state index contributed by atoms with van der Waals surface area (Å²) in [5, 5.41) is 11.8. The summed E-state index contributed by atoms with van der Waals surface area (Å²) in [5.41, 5.74) is -6.33. The average Bonchev–Trinajstić information content (AvgIpc) is 3.15. The Morgan fingerprint density at radius 1 is 1.03 bits per heavy atom. The van der Waals surface area contributed by atoms with E-state index in [2.05, 4.69) is 10.1 Å². The Morgan fingerprint density at radius 2 is 1.58 bits per heavy atom. The van der Waals surface area contributed by atoms with Crippen molar-refractivity contribution in [2.75, 3.05) is 18.7 Å². The second-order valence-corrected chi connectivity index (χ2v) is 9.92. The molecule has 1 atom stereocenters. The van der Waals surface area contributed by atoms with Gasteiger partial charge in [-0.1, -0.05) is 18.2 Å². The molecule has 0 saturated heterocycles. The number of aliphatic hydroxyl groups is 1. The number of benzene rings is 2. The fourth-order valence-electron chi connectivity index (χ4n) is 3.72. The van der Waals surface area contributed by atoms with Gasteiger partial charge < -0.3 is 15.2 Å². The molecule has 1 heterocycles. The molecule has 0 spiro atoms. The lowest BCUT2D eigenvalue weighted by Crippen LogP contribution is -2.53. The first-order chi connectivity index (χ1) is 16.4. The molecule has 0 aliphatic carbocycles. The summed E-state index contributed by atoms with van der Waals surface area (Å²) in [6, 6.07) is 4.63. The molecule has 2 aromatic rings. The lowest BCUT2D eigenvalue weighted by molar-refractivity contribution is -0.376. The number of halogens is 6. The zero-order valence-electron chi connectivity index (χ0n) is 18.4. The number of alkyl halides is 6. The Kier molecular flexibility index (Phi) is 6.78. The molecule has 1 aliphatic rings. The first-order valence-electron chi connectivity index (χ1n) is 9.86. The molecule has 15 heteroatoms. The number of anilines is 1. The highest BCUT2D eigenvalue weighted by Crippen LogP contribution is 2.50. The molecule has 0 aromatic heterocycles. The molecule has 8 nitrogen and oxygen atoms in total. The van der Waals surface area contributed by atoms with Crippen molar-refractivity contribution in [3.8, 4) is 0 Å². The number of amides is 2. The first kappa shape index (κ1) is 27.3. The number of hydrogen-bond acceptors (Lipinski definition) is 6. The van der Waals surface area contributed by atoms with Crippen LogP contribution in [0.2, 0.25) is 0 Å². The number of rotatable bonds is 4. The van der Waals surface area contributed by atoms with Crippen molar-refractivity contribution in [3.05, 3.63) is 59.2 Å². The van der Waals surface area contributed by atoms with Crippen LogP contribution in [0.3, 0.4) is 0 Å². The zero-order valence-corrected chi connectivity index (χ0v) is 19.3. The number of sulfone groups is 1. The van der Waals surface area contributed by atoms with E-state index >= 15 is 0 Å². The molecule has 2 N–H and O–H groups in total. The van der Waals surface area contributed by atoms with Crippen molar-refractivity contribution in [2.24, 2.45) is 0 Å². The maximum Gasteiger partial charge on any atom is 0.430 e. The summed E-state index contributed by atoms with van der Waals surface area (Å²) in [7, 11) is -2.56. The second-order valence-electron chi connectivity index (χ2n) is 7.91. The summed E-state index contributed by atoms with van der Waals surface area (Å²) in [6.07, 6.45) is -12.1. The number of ether oxygens (including phenoxy) is 1. The van der Waals surface area contributed by atoms with Crippen molar-refractivity contribution in [2.45, 2.75) is 35.4 Å². The number of carbonyl (C=O) groups is 2. The van der Waals surface area contributed by atoms with Crippen LogP contribution in [-0.4, -0.2) is 56.1 Å². The molecule has 196 valence electrons. The Bertz CT molecular complexity index is 1280. The van der Waals surface area contributed by atoms with E-state index in [0.29, 0.717) is 17.7 Å². The van der Waals surface area contributed by atoms with Gasteiger partial charge in [0.1, 0.15) is 6.04 Å². The van der Waals surface area contributed by atoms with Crippen LogP contribution in [0, 0.1) is 0 Å². The van der Waals surface area contributed by atoms with Crippen LogP contribution in [0.1, 0.15) is 22.7 Å². The fraction of sp³-hybridized carbons (Fsp3) is 0.333. The van der Waals surface area contributed by atoms with Gasteiger partial charge in [0.25, 0.3) is 11.5 Å². The van der Waals surface area contributed by atoms with Crippen molar-refractivity contribution < 1.29 is 54.2 Å². The minimum absolute atomic E-state index is 0.0653. The van der Waals surface area contributed by atoms with Crippen LogP contribution in [0.4, 0.5) is 36.8 Å². The van der Waals surface area contributed by atoms with Gasteiger partial charge in [0.2, 0.25) is 0 Å². The molecule has 36 heavy (non-hydrogen) atoms. The number of methoxy groups -OCH3 is 1. The number of nitrogens with zero attached hydrogens (tertiary/aromatic N) is 1. The smallest absolute Gasteiger partial charge is 0.430 e. The van der Waals surface area contributed by atoms with Crippen LogP contribution in [-0.2, 0) is 31.5 Å². The van der Waals surface area contributed by atoms with Gasteiger partial charge in [-0.05, 0) is 35.4 Å². The van der Waals surface area contributed by atoms with Gasteiger partial charge in [-0.2, -0.15) is 26.3 Å². The van der Waals surface area contributed by atoms with E-state index in [4.69, 9.17) is 0 Å². The normalized spacial score (nSPS) is 16.5. The molecule has 0 fully saturated rings. The third kappa shape index (κ3) is 4.72. The predicted molar refractivity (Wildman–Crippen MR) is 111 cm³/mol. The van der Waals surface area contributed by atoms with E-state index in [1.807, 2.05) is 0 Å². The Labute approximate surface area is 200 Å². The SMILES string of the molecule is COC(=O)N1Cc2cc(S(C)(=O)=O)ccc2C1C(=O)Nc1ccc(C(O)(C(F)(F)F)C(F)(F)F)cc1. The number of fused-ring (bicyclic) bond motifs is 1. The monoisotopic (exact) mass is 540 g/mol. The molecule has 0 saturated carbocycles. The topological polar surface area (TPSA) is 113 Å². The first-order valence-corrected chi connectivity index (χ1v) is 11.8. The Balaban J connectivity index is 1.93. The van der Waals surface area contributed by atoms with Crippen LogP contribution in [0.5, 0.6) is 0 Å². The molecule has 0 radical (unpaired) electrons. The third-order valence-electron chi connectivity index (χ3n) is 5.54. The van der Waals surface area contributed by atoms with Crippen molar-refractivity contribution in [1.82, 2.24) is 4.90 Å². The van der Waals surface area contributed by atoms with Gasteiger partial charge in [0.05, 0.1) is 18.6 Å². The molecule has 2 aromatic carbocycles. The summed E-state index contributed by atoms with van der Waals surface area (Å²) < 4.78 is 107. The van der Waals surface area contributed by atoms with E-state index in [1.165, 1.54) is 18.2 Å². The van der Waals surface area contributed by atoms with Crippen molar-refractivity contribution in [1.29, 1.82) is 0 Å². The van der Waals surface area contributed by atoms with Crippen LogP contribution in [0.25, 0.3) is 0 Å². The predicted octanol–water partition coefficient (Wildman–Crippen LogP) is 3.66. The van der Waals surface area contributed by atoms with Gasteiger partial charge in [-0.15, -0.1) is 0 Å². The average molecular weight is 540 g/mol. The largest absolute Gasteiger partial charge is 0.453 e. The number of nitrogens with one attached hydrogen (secondary N) is 1. The maximum atomic E-state index is 13.1. The lowest BCUT2D eigenvalue weighted by atomic mass is 9.92. The highest BCUT2D eigenvalue weighted by Gasteiger charge is 2.71. The summed E-state index contributed by atoms with van der Waals surface area (Å²) >= 11 is 0. The summed E-state index contributed by atoms with van der Waals surface area (Å²) in [4.78, 5) is 26.1. The van der Waals surface area contributed by atoms with Gasteiger partial charge >= 0.3 is 18.4 Å². The van der Waals surface area contributed by atoms with Crippen LogP contribution in [0.15, 0.2) is 47.4 Å².